The lowest BCUT2D eigenvalue weighted by molar-refractivity contribution is -0.140. The molecule has 0 fully saturated rings. The summed E-state index contributed by atoms with van der Waals surface area (Å²) in [6, 6.07) is 8.41. The summed E-state index contributed by atoms with van der Waals surface area (Å²) in [6.45, 7) is 1.74. The van der Waals surface area contributed by atoms with Crippen LogP contribution in [0.1, 0.15) is 31.8 Å². The standard InChI is InChI=1S/C24H19F4N5O2/c1-12-3-5-14(32-22(34)13-4-6-18(25)17(9-13)24(26,27)28)10-19(12)33-23(35)16-11-31-21-15(7-8-30-21)20(16)29-2/h3-11H,1-2H3,(H,32,34)(H,33,35)(H2,29,30,31). The summed E-state index contributed by atoms with van der Waals surface area (Å²) < 4.78 is 52.5. The number of pyridine rings is 1. The second kappa shape index (κ2) is 9.09. The Morgan fingerprint density at radius 1 is 1.00 bits per heavy atom. The minimum atomic E-state index is -4.94. The molecule has 0 aliphatic rings. The van der Waals surface area contributed by atoms with Crippen LogP contribution >= 0.6 is 0 Å². The number of nitrogens with zero attached hydrogens (tertiary/aromatic N) is 1. The average molecular weight is 485 g/mol. The highest BCUT2D eigenvalue weighted by Crippen LogP contribution is 2.32. The second-order valence-corrected chi connectivity index (χ2v) is 7.67. The smallest absolute Gasteiger partial charge is 0.387 e. The summed E-state index contributed by atoms with van der Waals surface area (Å²) in [4.78, 5) is 32.7. The molecule has 2 aromatic heterocycles. The first-order valence-electron chi connectivity index (χ1n) is 10.3. The van der Waals surface area contributed by atoms with Crippen LogP contribution in [0.25, 0.3) is 11.0 Å². The summed E-state index contributed by atoms with van der Waals surface area (Å²) in [5, 5.41) is 8.97. The summed E-state index contributed by atoms with van der Waals surface area (Å²) in [5.41, 5.74) is 0.859. The van der Waals surface area contributed by atoms with Gasteiger partial charge in [0.05, 0.1) is 16.8 Å². The van der Waals surface area contributed by atoms with E-state index >= 15 is 0 Å². The maximum atomic E-state index is 13.5. The van der Waals surface area contributed by atoms with E-state index in [9.17, 15) is 27.2 Å². The van der Waals surface area contributed by atoms with E-state index in [1.165, 1.54) is 18.3 Å². The molecular weight excluding hydrogens is 466 g/mol. The number of benzene rings is 2. The first kappa shape index (κ1) is 23.7. The molecule has 0 aliphatic heterocycles. The van der Waals surface area contributed by atoms with Crippen molar-refractivity contribution in [2.24, 2.45) is 0 Å². The quantitative estimate of drug-likeness (QED) is 0.278. The Kier molecular flexibility index (Phi) is 6.16. The molecular formula is C24H19F4N5O2. The van der Waals surface area contributed by atoms with Crippen LogP contribution < -0.4 is 16.0 Å². The fraction of sp³-hybridized carbons (Fsp3) is 0.125. The van der Waals surface area contributed by atoms with E-state index in [1.54, 1.807) is 32.3 Å². The molecule has 0 spiro atoms. The topological polar surface area (TPSA) is 98.9 Å². The van der Waals surface area contributed by atoms with Crippen molar-refractivity contribution >= 4 is 39.9 Å². The summed E-state index contributed by atoms with van der Waals surface area (Å²) >= 11 is 0. The number of fused-ring (bicyclic) bond motifs is 1. The van der Waals surface area contributed by atoms with Crippen molar-refractivity contribution < 1.29 is 27.2 Å². The molecule has 0 unspecified atom stereocenters. The lowest BCUT2D eigenvalue weighted by atomic mass is 10.1. The van der Waals surface area contributed by atoms with Gasteiger partial charge in [-0.15, -0.1) is 0 Å². The molecule has 2 amide bonds. The van der Waals surface area contributed by atoms with E-state index in [1.807, 2.05) is 0 Å². The van der Waals surface area contributed by atoms with Gasteiger partial charge in [0, 0.05) is 41.8 Å². The van der Waals surface area contributed by atoms with Gasteiger partial charge in [-0.3, -0.25) is 9.59 Å². The Bertz CT molecular complexity index is 1450. The fourth-order valence-electron chi connectivity index (χ4n) is 3.56. The van der Waals surface area contributed by atoms with Crippen molar-refractivity contribution in [3.05, 3.63) is 82.9 Å². The van der Waals surface area contributed by atoms with Gasteiger partial charge < -0.3 is 20.9 Å². The molecule has 0 saturated heterocycles. The second-order valence-electron chi connectivity index (χ2n) is 7.67. The monoisotopic (exact) mass is 485 g/mol. The number of aryl methyl sites for hydroxylation is 1. The molecule has 4 aromatic rings. The van der Waals surface area contributed by atoms with Crippen LogP contribution in [0, 0.1) is 12.7 Å². The number of hydrogen-bond acceptors (Lipinski definition) is 4. The third-order valence-corrected chi connectivity index (χ3v) is 5.36. The number of alkyl halides is 3. The van der Waals surface area contributed by atoms with Crippen molar-refractivity contribution in [3.63, 3.8) is 0 Å². The maximum Gasteiger partial charge on any atom is 0.419 e. The van der Waals surface area contributed by atoms with Gasteiger partial charge in [0.15, 0.2) is 0 Å². The zero-order chi connectivity index (χ0) is 25.3. The lowest BCUT2D eigenvalue weighted by Crippen LogP contribution is -2.17. The summed E-state index contributed by atoms with van der Waals surface area (Å²) in [5.74, 6) is -2.79. The molecule has 7 nitrogen and oxygen atoms in total. The zero-order valence-electron chi connectivity index (χ0n) is 18.5. The number of nitrogens with one attached hydrogen (secondary N) is 4. The molecule has 0 aliphatic carbocycles. The van der Waals surface area contributed by atoms with E-state index in [2.05, 4.69) is 25.9 Å². The van der Waals surface area contributed by atoms with Crippen molar-refractivity contribution in [1.82, 2.24) is 9.97 Å². The number of carbonyl (C=O) groups excluding carboxylic acids is 2. The first-order valence-corrected chi connectivity index (χ1v) is 10.3. The molecule has 4 N–H and O–H groups in total. The SMILES string of the molecule is CNc1c(C(=O)Nc2cc(NC(=O)c3ccc(F)c(C(F)(F)F)c3)ccc2C)cnc2[nH]ccc12. The van der Waals surface area contributed by atoms with Crippen molar-refractivity contribution in [2.75, 3.05) is 23.0 Å². The number of rotatable bonds is 5. The van der Waals surface area contributed by atoms with Gasteiger partial charge in [-0.2, -0.15) is 13.2 Å². The Hall–Kier alpha value is -4.41. The minimum absolute atomic E-state index is 0.224. The van der Waals surface area contributed by atoms with Crippen LogP contribution in [-0.4, -0.2) is 28.8 Å². The van der Waals surface area contributed by atoms with Crippen molar-refractivity contribution in [1.29, 1.82) is 0 Å². The van der Waals surface area contributed by atoms with E-state index < -0.39 is 29.4 Å². The highest BCUT2D eigenvalue weighted by molar-refractivity contribution is 6.12. The molecule has 2 heterocycles. The Morgan fingerprint density at radius 2 is 1.77 bits per heavy atom. The predicted molar refractivity (Wildman–Crippen MR) is 124 cm³/mol. The Morgan fingerprint density at radius 3 is 2.49 bits per heavy atom. The van der Waals surface area contributed by atoms with E-state index in [0.29, 0.717) is 40.3 Å². The number of amides is 2. The normalized spacial score (nSPS) is 11.4. The molecule has 0 saturated carbocycles. The number of hydrogen-bond donors (Lipinski definition) is 4. The van der Waals surface area contributed by atoms with Gasteiger partial charge in [0.25, 0.3) is 11.8 Å². The van der Waals surface area contributed by atoms with Crippen LogP contribution in [0.4, 0.5) is 34.6 Å². The van der Waals surface area contributed by atoms with Gasteiger partial charge in [-0.05, 0) is 48.9 Å². The third-order valence-electron chi connectivity index (χ3n) is 5.36. The summed E-state index contributed by atoms with van der Waals surface area (Å²) in [6.07, 6.45) is -1.81. The average Bonchev–Trinajstić information content (AvgIpc) is 3.29. The highest BCUT2D eigenvalue weighted by Gasteiger charge is 2.34. The number of carbonyl (C=O) groups is 2. The summed E-state index contributed by atoms with van der Waals surface area (Å²) in [7, 11) is 1.68. The highest BCUT2D eigenvalue weighted by atomic mass is 19.4. The Balaban J connectivity index is 1.57. The maximum absolute atomic E-state index is 13.5. The van der Waals surface area contributed by atoms with Gasteiger partial charge >= 0.3 is 6.18 Å². The number of H-pyrrole nitrogens is 1. The molecule has 180 valence electrons. The predicted octanol–water partition coefficient (Wildman–Crippen LogP) is 5.58. The van der Waals surface area contributed by atoms with Crippen LogP contribution in [0.5, 0.6) is 0 Å². The molecule has 35 heavy (non-hydrogen) atoms. The molecule has 11 heteroatoms. The van der Waals surface area contributed by atoms with Gasteiger partial charge in [0.1, 0.15) is 11.5 Å². The van der Waals surface area contributed by atoms with Crippen LogP contribution in [0.2, 0.25) is 0 Å². The van der Waals surface area contributed by atoms with Gasteiger partial charge in [0.2, 0.25) is 0 Å². The minimum Gasteiger partial charge on any atom is -0.387 e. The van der Waals surface area contributed by atoms with E-state index in [4.69, 9.17) is 0 Å². The fourth-order valence-corrected chi connectivity index (χ4v) is 3.56. The van der Waals surface area contributed by atoms with Crippen LogP contribution in [-0.2, 0) is 6.18 Å². The first-order chi connectivity index (χ1) is 16.6. The molecule has 0 bridgehead atoms. The van der Waals surface area contributed by atoms with Gasteiger partial charge in [-0.25, -0.2) is 9.37 Å². The number of anilines is 3. The molecule has 2 aromatic carbocycles. The number of halogens is 4. The molecule has 4 rings (SSSR count). The van der Waals surface area contributed by atoms with Crippen molar-refractivity contribution in [3.8, 4) is 0 Å². The van der Waals surface area contributed by atoms with Gasteiger partial charge in [-0.1, -0.05) is 6.07 Å². The zero-order valence-corrected chi connectivity index (χ0v) is 18.5. The number of aromatic amines is 1. The molecule has 0 atom stereocenters. The van der Waals surface area contributed by atoms with Crippen LogP contribution in [0.3, 0.4) is 0 Å². The van der Waals surface area contributed by atoms with Crippen molar-refractivity contribution in [2.45, 2.75) is 13.1 Å². The molecule has 0 radical (unpaired) electrons. The lowest BCUT2D eigenvalue weighted by Gasteiger charge is -2.14. The largest absolute Gasteiger partial charge is 0.419 e. The third kappa shape index (κ3) is 4.79. The Labute approximate surface area is 196 Å². The van der Waals surface area contributed by atoms with E-state index in [-0.39, 0.29) is 11.3 Å². The number of aromatic nitrogens is 2. The van der Waals surface area contributed by atoms with E-state index in [0.717, 1.165) is 11.5 Å². The van der Waals surface area contributed by atoms with Crippen LogP contribution in [0.15, 0.2) is 54.9 Å².